The van der Waals surface area contributed by atoms with E-state index in [1.807, 2.05) is 36.5 Å². The second-order valence-electron chi connectivity index (χ2n) is 11.4. The average molecular weight is 585 g/mol. The van der Waals surface area contributed by atoms with E-state index in [1.54, 1.807) is 7.11 Å². The summed E-state index contributed by atoms with van der Waals surface area (Å²) in [7, 11) is 1.62. The molecule has 2 aliphatic rings. The molecule has 1 aliphatic heterocycles. The summed E-state index contributed by atoms with van der Waals surface area (Å²) in [5.74, 6) is 2.07. The average Bonchev–Trinajstić information content (AvgIpc) is 3.54. The molecule has 0 amide bonds. The van der Waals surface area contributed by atoms with E-state index in [4.69, 9.17) is 26.1 Å². The number of methoxy groups -OCH3 is 1. The lowest BCUT2D eigenvalue weighted by atomic mass is 9.76. The van der Waals surface area contributed by atoms with Crippen molar-refractivity contribution in [1.82, 2.24) is 0 Å². The van der Waals surface area contributed by atoms with Crippen LogP contribution in [0.5, 0.6) is 11.5 Å². The zero-order valence-corrected chi connectivity index (χ0v) is 25.0. The van der Waals surface area contributed by atoms with E-state index < -0.39 is 0 Å². The molecule has 0 saturated heterocycles. The van der Waals surface area contributed by atoms with E-state index in [1.165, 1.54) is 27.8 Å². The van der Waals surface area contributed by atoms with Gasteiger partial charge in [0.25, 0.3) is 0 Å². The van der Waals surface area contributed by atoms with Gasteiger partial charge in [-0.2, -0.15) is 0 Å². The highest BCUT2D eigenvalue weighted by molar-refractivity contribution is 6.32. The highest BCUT2D eigenvalue weighted by Crippen LogP contribution is 2.50. The number of allylic oxidation sites excluding steroid dienone is 2. The van der Waals surface area contributed by atoms with E-state index in [0.29, 0.717) is 35.0 Å². The molecule has 0 fully saturated rings. The molecule has 7 rings (SSSR count). The number of halogens is 1. The van der Waals surface area contributed by atoms with Gasteiger partial charge in [0.2, 0.25) is 0 Å². The lowest BCUT2D eigenvalue weighted by Crippen LogP contribution is -2.29. The summed E-state index contributed by atoms with van der Waals surface area (Å²) in [6.07, 6.45) is 7.61. The summed E-state index contributed by atoms with van der Waals surface area (Å²) in [6, 6.07) is 33.8. The molecule has 0 radical (unpaired) electrons. The lowest BCUT2D eigenvalue weighted by Gasteiger charge is -2.37. The minimum Gasteiger partial charge on any atom is -0.493 e. The van der Waals surface area contributed by atoms with Crippen LogP contribution in [-0.4, -0.2) is 13.3 Å². The predicted molar refractivity (Wildman–Crippen MR) is 178 cm³/mol. The van der Waals surface area contributed by atoms with E-state index in [-0.39, 0.29) is 6.04 Å². The molecular formula is C38H33ClN2O2. The van der Waals surface area contributed by atoms with E-state index in [0.717, 1.165) is 28.6 Å². The molecule has 0 spiro atoms. The van der Waals surface area contributed by atoms with Crippen molar-refractivity contribution in [3.63, 3.8) is 0 Å². The van der Waals surface area contributed by atoms with Gasteiger partial charge in [0.15, 0.2) is 11.5 Å². The first-order valence-corrected chi connectivity index (χ1v) is 15.1. The first kappa shape index (κ1) is 27.3. The Bertz CT molecular complexity index is 1860. The zero-order chi connectivity index (χ0) is 29.3. The number of rotatable bonds is 7. The molecule has 0 saturated carbocycles. The van der Waals surface area contributed by atoms with Crippen molar-refractivity contribution < 1.29 is 9.47 Å². The fourth-order valence-electron chi connectivity index (χ4n) is 6.48. The number of nitrogens with zero attached hydrogens (tertiary/aromatic N) is 1. The van der Waals surface area contributed by atoms with E-state index in [9.17, 15) is 0 Å². The molecule has 0 unspecified atom stereocenters. The van der Waals surface area contributed by atoms with Crippen molar-refractivity contribution in [1.29, 1.82) is 0 Å². The standard InChI is InChI=1S/C38H33ClN2O2/c1-24-13-18-35-33(19-24)31-11-6-12-32(31)37(41-35)27-14-16-29(17-15-27)40-22-25-20-34(39)38(36(21-25)42-2)43-23-28-9-5-8-26-7-3-4-10-30(26)28/h3-11,13-22,31-32,37,41H,12,23H2,1-2H3/t31-,32-,37+/m1/s1. The van der Waals surface area contributed by atoms with Crippen molar-refractivity contribution >= 4 is 40.0 Å². The van der Waals surface area contributed by atoms with Gasteiger partial charge in [0, 0.05) is 17.8 Å². The van der Waals surface area contributed by atoms with Gasteiger partial charge < -0.3 is 14.8 Å². The summed E-state index contributed by atoms with van der Waals surface area (Å²) < 4.78 is 11.8. The number of anilines is 1. The Morgan fingerprint density at radius 2 is 1.79 bits per heavy atom. The van der Waals surface area contributed by atoms with Crippen molar-refractivity contribution in [3.05, 3.63) is 142 Å². The molecule has 4 nitrogen and oxygen atoms in total. The first-order chi connectivity index (χ1) is 21.1. The van der Waals surface area contributed by atoms with Crippen molar-refractivity contribution in [2.24, 2.45) is 10.9 Å². The molecule has 1 aliphatic carbocycles. The molecule has 214 valence electrons. The van der Waals surface area contributed by atoms with Crippen LogP contribution in [0, 0.1) is 12.8 Å². The van der Waals surface area contributed by atoms with Crippen LogP contribution in [0.15, 0.2) is 114 Å². The fraction of sp³-hybridized carbons (Fsp3) is 0.184. The maximum Gasteiger partial charge on any atom is 0.180 e. The van der Waals surface area contributed by atoms with Gasteiger partial charge in [0.1, 0.15) is 6.61 Å². The zero-order valence-electron chi connectivity index (χ0n) is 24.3. The highest BCUT2D eigenvalue weighted by atomic mass is 35.5. The third-order valence-corrected chi connectivity index (χ3v) is 8.92. The summed E-state index contributed by atoms with van der Waals surface area (Å²) in [4.78, 5) is 4.74. The van der Waals surface area contributed by atoms with E-state index in [2.05, 4.69) is 91.1 Å². The molecule has 0 bridgehead atoms. The second kappa shape index (κ2) is 11.6. The maximum absolute atomic E-state index is 6.70. The third kappa shape index (κ3) is 5.39. The number of benzene rings is 5. The molecule has 1 N–H and O–H groups in total. The number of aliphatic imine (C=N–C) groups is 1. The lowest BCUT2D eigenvalue weighted by molar-refractivity contribution is 0.286. The first-order valence-electron chi connectivity index (χ1n) is 14.7. The van der Waals surface area contributed by atoms with Crippen molar-refractivity contribution in [2.45, 2.75) is 31.9 Å². The van der Waals surface area contributed by atoms with Gasteiger partial charge in [-0.15, -0.1) is 0 Å². The van der Waals surface area contributed by atoms with Crippen LogP contribution in [0.2, 0.25) is 5.02 Å². The minimum absolute atomic E-state index is 0.262. The molecule has 5 aromatic rings. The Balaban J connectivity index is 1.07. The Morgan fingerprint density at radius 3 is 2.65 bits per heavy atom. The number of fused-ring (bicyclic) bond motifs is 4. The monoisotopic (exact) mass is 584 g/mol. The van der Waals surface area contributed by atoms with Gasteiger partial charge >= 0.3 is 0 Å². The highest BCUT2D eigenvalue weighted by Gasteiger charge is 2.37. The van der Waals surface area contributed by atoms with Crippen LogP contribution >= 0.6 is 11.6 Å². The van der Waals surface area contributed by atoms with Crippen LogP contribution in [0.3, 0.4) is 0 Å². The molecule has 0 aromatic heterocycles. The number of hydrogen-bond acceptors (Lipinski definition) is 4. The van der Waals surface area contributed by atoms with Crippen LogP contribution in [0.25, 0.3) is 10.8 Å². The summed E-state index contributed by atoms with van der Waals surface area (Å²) >= 11 is 6.70. The molecule has 3 atom stereocenters. The van der Waals surface area contributed by atoms with Gasteiger partial charge in [-0.05, 0) is 82.6 Å². The maximum atomic E-state index is 6.70. The Kier molecular flexibility index (Phi) is 7.38. The van der Waals surface area contributed by atoms with Crippen LogP contribution in [0.4, 0.5) is 11.4 Å². The van der Waals surface area contributed by atoms with Crippen molar-refractivity contribution in [2.75, 3.05) is 12.4 Å². The molecule has 5 aromatic carbocycles. The molecule has 43 heavy (non-hydrogen) atoms. The molecule has 1 heterocycles. The summed E-state index contributed by atoms with van der Waals surface area (Å²) in [6.45, 7) is 2.55. The van der Waals surface area contributed by atoms with Gasteiger partial charge in [-0.1, -0.05) is 96.0 Å². The van der Waals surface area contributed by atoms with Crippen LogP contribution in [-0.2, 0) is 6.61 Å². The van der Waals surface area contributed by atoms with Gasteiger partial charge in [-0.3, -0.25) is 4.99 Å². The quantitative estimate of drug-likeness (QED) is 0.153. The number of ether oxygens (including phenoxy) is 2. The smallest absolute Gasteiger partial charge is 0.180 e. The Hall–Kier alpha value is -4.54. The topological polar surface area (TPSA) is 42.8 Å². The Labute approximate surface area is 257 Å². The summed E-state index contributed by atoms with van der Waals surface area (Å²) in [5.41, 5.74) is 8.04. The second-order valence-corrected chi connectivity index (χ2v) is 11.8. The third-order valence-electron chi connectivity index (χ3n) is 8.64. The van der Waals surface area contributed by atoms with Crippen LogP contribution in [0.1, 0.15) is 46.2 Å². The normalized spacial score (nSPS) is 18.8. The van der Waals surface area contributed by atoms with Gasteiger partial charge in [-0.25, -0.2) is 0 Å². The largest absolute Gasteiger partial charge is 0.493 e. The van der Waals surface area contributed by atoms with Crippen LogP contribution < -0.4 is 14.8 Å². The number of aryl methyl sites for hydroxylation is 1. The number of hydrogen-bond donors (Lipinski definition) is 1. The predicted octanol–water partition coefficient (Wildman–Crippen LogP) is 9.97. The minimum atomic E-state index is 0.262. The molecule has 5 heteroatoms. The Morgan fingerprint density at radius 1 is 0.953 bits per heavy atom. The summed E-state index contributed by atoms with van der Waals surface area (Å²) in [5, 5.41) is 6.64. The van der Waals surface area contributed by atoms with Crippen molar-refractivity contribution in [3.8, 4) is 11.5 Å². The van der Waals surface area contributed by atoms with E-state index >= 15 is 0 Å². The molecular weight excluding hydrogens is 552 g/mol. The van der Waals surface area contributed by atoms with Gasteiger partial charge in [0.05, 0.1) is 23.9 Å². The number of nitrogens with one attached hydrogen (secondary N) is 1. The fourth-order valence-corrected chi connectivity index (χ4v) is 6.76. The SMILES string of the molecule is COc1cc(C=Nc2ccc([C@@H]3Nc4ccc(C)cc4[C@@H]4C=CC[C@H]43)cc2)cc(Cl)c1OCc1cccc2ccccc12.